The molecule has 2 atom stereocenters. The van der Waals surface area contributed by atoms with Crippen LogP contribution in [0.3, 0.4) is 0 Å². The van der Waals surface area contributed by atoms with E-state index in [0.717, 1.165) is 6.42 Å². The van der Waals surface area contributed by atoms with Crippen molar-refractivity contribution in [3.63, 3.8) is 0 Å². The fourth-order valence-electron chi connectivity index (χ4n) is 2.74. The molecule has 7 nitrogen and oxygen atoms in total. The van der Waals surface area contributed by atoms with Crippen LogP contribution in [-0.2, 0) is 9.47 Å². The molecule has 1 aromatic carbocycles. The number of rotatable bonds is 4. The Bertz CT molecular complexity index is 623. The Morgan fingerprint density at radius 2 is 1.88 bits per heavy atom. The van der Waals surface area contributed by atoms with Gasteiger partial charge in [0.25, 0.3) is 0 Å². The van der Waals surface area contributed by atoms with Crippen molar-refractivity contribution in [3.05, 3.63) is 29.8 Å². The van der Waals surface area contributed by atoms with Gasteiger partial charge in [-0.3, -0.25) is 0 Å². The minimum absolute atomic E-state index is 0.0389. The van der Waals surface area contributed by atoms with Crippen LogP contribution < -0.4 is 10.5 Å². The zero-order valence-electron chi connectivity index (χ0n) is 15.3. The van der Waals surface area contributed by atoms with Gasteiger partial charge in [0.05, 0.1) is 25.3 Å². The molecule has 1 heterocycles. The zero-order valence-corrected chi connectivity index (χ0v) is 15.3. The molecule has 7 heteroatoms. The third-order valence-electron chi connectivity index (χ3n) is 4.05. The maximum absolute atomic E-state index is 12.7. The number of esters is 1. The monoisotopic (exact) mass is 351 g/mol. The minimum atomic E-state index is -0.572. The highest BCUT2D eigenvalue weighted by Gasteiger charge is 2.47. The van der Waals surface area contributed by atoms with Crippen LogP contribution >= 0.6 is 0 Å². The van der Waals surface area contributed by atoms with Crippen LogP contribution in [0.25, 0.3) is 0 Å². The van der Waals surface area contributed by atoms with Gasteiger partial charge in [-0.1, -0.05) is 0 Å². The molecule has 0 saturated carbocycles. The summed E-state index contributed by atoms with van der Waals surface area (Å²) in [7, 11) is 1.33. The van der Waals surface area contributed by atoms with Gasteiger partial charge < -0.3 is 19.9 Å². The summed E-state index contributed by atoms with van der Waals surface area (Å²) in [4.78, 5) is 24.1. The second kappa shape index (κ2) is 7.41. The van der Waals surface area contributed by atoms with Crippen molar-refractivity contribution in [2.24, 2.45) is 5.73 Å². The summed E-state index contributed by atoms with van der Waals surface area (Å²) in [5.74, 6) is 0.156. The Kier molecular flexibility index (Phi) is 5.69. The van der Waals surface area contributed by atoms with E-state index in [4.69, 9.17) is 15.2 Å². The molecular formula is C18H27N2O5+. The molecule has 2 N–H and O–H groups in total. The number of methoxy groups -OCH3 is 1. The number of benzene rings is 1. The fraction of sp³-hybridized carbons (Fsp3) is 0.556. The summed E-state index contributed by atoms with van der Waals surface area (Å²) in [6.07, 6.45) is 0.413. The number of nitrogens with two attached hydrogens (primary N) is 1. The molecular weight excluding hydrogens is 324 g/mol. The first-order valence-electron chi connectivity index (χ1n) is 8.32. The normalized spacial score (nSPS) is 23.2. The van der Waals surface area contributed by atoms with Crippen molar-refractivity contribution in [1.82, 2.24) is 0 Å². The van der Waals surface area contributed by atoms with Gasteiger partial charge >= 0.3 is 12.1 Å². The summed E-state index contributed by atoms with van der Waals surface area (Å²) < 4.78 is 16.1. The topological polar surface area (TPSA) is 87.8 Å². The Morgan fingerprint density at radius 1 is 1.24 bits per heavy atom. The highest BCUT2D eigenvalue weighted by molar-refractivity contribution is 5.89. The third-order valence-corrected chi connectivity index (χ3v) is 4.05. The van der Waals surface area contributed by atoms with E-state index in [0.29, 0.717) is 24.4 Å². The van der Waals surface area contributed by atoms with Gasteiger partial charge in [0.15, 0.2) is 0 Å². The van der Waals surface area contributed by atoms with Crippen LogP contribution in [0, 0.1) is 0 Å². The maximum atomic E-state index is 12.7. The van der Waals surface area contributed by atoms with Crippen molar-refractivity contribution < 1.29 is 28.3 Å². The minimum Gasteiger partial charge on any atom is -0.465 e. The van der Waals surface area contributed by atoms with E-state index in [1.807, 2.05) is 20.8 Å². The van der Waals surface area contributed by atoms with E-state index in [1.165, 1.54) is 7.11 Å². The van der Waals surface area contributed by atoms with E-state index >= 15 is 0 Å². The van der Waals surface area contributed by atoms with E-state index in [2.05, 4.69) is 4.74 Å². The molecule has 1 aliphatic heterocycles. The van der Waals surface area contributed by atoms with Crippen molar-refractivity contribution in [3.8, 4) is 5.75 Å². The summed E-state index contributed by atoms with van der Waals surface area (Å²) in [5, 5.41) is 0. The molecule has 0 radical (unpaired) electrons. The molecule has 2 rings (SSSR count). The molecule has 1 saturated heterocycles. The van der Waals surface area contributed by atoms with Crippen LogP contribution in [-0.4, -0.2) is 55.1 Å². The third kappa shape index (κ3) is 4.93. The Balaban J connectivity index is 2.08. The van der Waals surface area contributed by atoms with Crippen LogP contribution in [0.1, 0.15) is 37.6 Å². The Labute approximate surface area is 148 Å². The van der Waals surface area contributed by atoms with Gasteiger partial charge in [0.1, 0.15) is 17.9 Å². The van der Waals surface area contributed by atoms with Gasteiger partial charge in [0.2, 0.25) is 6.73 Å². The summed E-state index contributed by atoms with van der Waals surface area (Å²) in [6.45, 7) is 6.71. The van der Waals surface area contributed by atoms with E-state index in [-0.39, 0.29) is 23.3 Å². The first kappa shape index (κ1) is 19.2. The highest BCUT2D eigenvalue weighted by atomic mass is 16.6. The number of carbonyl (C=O) groups excluding carboxylic acids is 2. The quantitative estimate of drug-likeness (QED) is 0.661. The van der Waals surface area contributed by atoms with Gasteiger partial charge in [0, 0.05) is 6.42 Å². The first-order chi connectivity index (χ1) is 11.6. The average molecular weight is 351 g/mol. The lowest BCUT2D eigenvalue weighted by molar-refractivity contribution is -0.862. The number of hydrogen-bond donors (Lipinski definition) is 1. The molecule has 138 valence electrons. The second-order valence-electron chi connectivity index (χ2n) is 7.37. The number of quaternary nitrogens is 1. The number of carbonyl (C=O) groups is 2. The molecule has 1 fully saturated rings. The standard InChI is InChI=1S/C18H27N2O5/c1-18(2,3)25-17(22)20(10-9-14(19)11-20)12-24-15-7-5-13(6-8-15)16(21)23-4/h5-8,14H,9-12,19H2,1-4H3/q+1. The van der Waals surface area contributed by atoms with E-state index < -0.39 is 11.6 Å². The van der Waals surface area contributed by atoms with Crippen molar-refractivity contribution in [2.75, 3.05) is 26.9 Å². The van der Waals surface area contributed by atoms with Gasteiger partial charge in [-0.25, -0.2) is 4.79 Å². The van der Waals surface area contributed by atoms with Crippen molar-refractivity contribution in [1.29, 1.82) is 0 Å². The lowest BCUT2D eigenvalue weighted by Gasteiger charge is -2.32. The maximum Gasteiger partial charge on any atom is 0.519 e. The van der Waals surface area contributed by atoms with Crippen LogP contribution in [0.2, 0.25) is 0 Å². The average Bonchev–Trinajstić information content (AvgIpc) is 2.94. The van der Waals surface area contributed by atoms with Crippen LogP contribution in [0.4, 0.5) is 4.79 Å². The summed E-state index contributed by atoms with van der Waals surface area (Å²) in [6, 6.07) is 6.53. The number of nitrogens with zero attached hydrogens (tertiary/aromatic N) is 1. The molecule has 1 amide bonds. The summed E-state index contributed by atoms with van der Waals surface area (Å²) in [5.41, 5.74) is 5.89. The smallest absolute Gasteiger partial charge is 0.465 e. The van der Waals surface area contributed by atoms with Crippen molar-refractivity contribution >= 4 is 12.1 Å². The molecule has 0 bridgehead atoms. The second-order valence-corrected chi connectivity index (χ2v) is 7.37. The molecule has 2 unspecified atom stereocenters. The SMILES string of the molecule is COC(=O)c1ccc(OC[N+]2(C(=O)OC(C)(C)C)CCC(N)C2)cc1. The lowest BCUT2D eigenvalue weighted by Crippen LogP contribution is -2.56. The molecule has 0 spiro atoms. The van der Waals surface area contributed by atoms with Gasteiger partial charge in [-0.2, -0.15) is 9.28 Å². The first-order valence-corrected chi connectivity index (χ1v) is 8.32. The Morgan fingerprint density at radius 3 is 2.36 bits per heavy atom. The predicted molar refractivity (Wildman–Crippen MR) is 92.1 cm³/mol. The number of likely N-dealkylation sites (tertiary alicyclic amines) is 1. The van der Waals surface area contributed by atoms with E-state index in [9.17, 15) is 9.59 Å². The molecule has 25 heavy (non-hydrogen) atoms. The Hall–Kier alpha value is -2.12. The molecule has 1 aliphatic rings. The van der Waals surface area contributed by atoms with Gasteiger partial charge in [-0.05, 0) is 45.0 Å². The van der Waals surface area contributed by atoms with Gasteiger partial charge in [-0.15, -0.1) is 0 Å². The number of hydrogen-bond acceptors (Lipinski definition) is 6. The lowest BCUT2D eigenvalue weighted by atomic mass is 10.2. The fourth-order valence-corrected chi connectivity index (χ4v) is 2.74. The summed E-state index contributed by atoms with van der Waals surface area (Å²) >= 11 is 0. The van der Waals surface area contributed by atoms with Crippen LogP contribution in [0.15, 0.2) is 24.3 Å². The largest absolute Gasteiger partial charge is 0.519 e. The molecule has 1 aromatic rings. The number of amides is 1. The number of ether oxygens (including phenoxy) is 3. The van der Waals surface area contributed by atoms with Crippen LogP contribution in [0.5, 0.6) is 5.75 Å². The van der Waals surface area contributed by atoms with E-state index in [1.54, 1.807) is 24.3 Å². The molecule has 0 aromatic heterocycles. The molecule has 0 aliphatic carbocycles. The highest BCUT2D eigenvalue weighted by Crippen LogP contribution is 2.25. The predicted octanol–water partition coefficient (Wildman–Crippen LogP) is 2.29. The zero-order chi connectivity index (χ0) is 18.7. The van der Waals surface area contributed by atoms with Crippen molar-refractivity contribution in [2.45, 2.75) is 38.8 Å².